The maximum absolute atomic E-state index is 12.1. The third kappa shape index (κ3) is 2.72. The molecule has 98 valence electrons. The fourth-order valence-electron chi connectivity index (χ4n) is 2.19. The van der Waals surface area contributed by atoms with Crippen molar-refractivity contribution in [3.63, 3.8) is 0 Å². The number of pyridine rings is 1. The molecule has 1 aliphatic rings. The molecule has 1 amide bonds. The van der Waals surface area contributed by atoms with Crippen LogP contribution in [0, 0.1) is 6.92 Å². The van der Waals surface area contributed by atoms with Gasteiger partial charge in [-0.15, -0.1) is 0 Å². The van der Waals surface area contributed by atoms with E-state index in [1.54, 1.807) is 6.20 Å². The second-order valence-electron chi connectivity index (χ2n) is 4.85. The summed E-state index contributed by atoms with van der Waals surface area (Å²) in [6, 6.07) is 1.56. The van der Waals surface area contributed by atoms with Crippen molar-refractivity contribution in [3.8, 4) is 0 Å². The first-order valence-corrected chi connectivity index (χ1v) is 6.35. The van der Waals surface area contributed by atoms with Gasteiger partial charge in [-0.05, 0) is 38.3 Å². The van der Waals surface area contributed by atoms with Crippen LogP contribution in [0.5, 0.6) is 0 Å². The molecule has 0 spiro atoms. The van der Waals surface area contributed by atoms with Crippen molar-refractivity contribution >= 4 is 17.4 Å². The van der Waals surface area contributed by atoms with Gasteiger partial charge in [0.05, 0.1) is 5.69 Å². The number of hydrogen-bond donors (Lipinski definition) is 2. The number of aromatic nitrogens is 1. The number of nitrogens with one attached hydrogen (secondary N) is 1. The highest BCUT2D eigenvalue weighted by Crippen LogP contribution is 2.18. The average Bonchev–Trinajstić information content (AvgIpc) is 2.85. The summed E-state index contributed by atoms with van der Waals surface area (Å²) in [6.45, 7) is 5.51. The minimum absolute atomic E-state index is 0.120. The van der Waals surface area contributed by atoms with Crippen molar-refractivity contribution in [3.05, 3.63) is 17.8 Å². The lowest BCUT2D eigenvalue weighted by atomic mass is 10.2. The van der Waals surface area contributed by atoms with Crippen LogP contribution in [0.15, 0.2) is 12.3 Å². The Balaban J connectivity index is 2.01. The zero-order valence-electron chi connectivity index (χ0n) is 10.9. The smallest absolute Gasteiger partial charge is 0.244 e. The number of aryl methyl sites for hydroxylation is 1. The Bertz CT molecular complexity index is 441. The molecule has 0 aliphatic carbocycles. The van der Waals surface area contributed by atoms with E-state index < -0.39 is 0 Å². The topological polar surface area (TPSA) is 71.2 Å². The minimum Gasteiger partial charge on any atom is -0.396 e. The van der Waals surface area contributed by atoms with Crippen LogP contribution in [0.3, 0.4) is 0 Å². The maximum Gasteiger partial charge on any atom is 0.244 e. The van der Waals surface area contributed by atoms with Gasteiger partial charge in [0.25, 0.3) is 0 Å². The second kappa shape index (κ2) is 5.25. The van der Waals surface area contributed by atoms with E-state index in [1.807, 2.05) is 24.8 Å². The predicted octanol–water partition coefficient (Wildman–Crippen LogP) is 1.40. The second-order valence-corrected chi connectivity index (χ2v) is 4.85. The van der Waals surface area contributed by atoms with E-state index in [4.69, 9.17) is 5.73 Å². The molecule has 5 heteroatoms. The molecular formula is C13H20N4O. The first-order chi connectivity index (χ1) is 8.58. The molecule has 1 unspecified atom stereocenters. The summed E-state index contributed by atoms with van der Waals surface area (Å²) in [5, 5.41) is 3.09. The zero-order chi connectivity index (χ0) is 13.1. The molecule has 1 atom stereocenters. The molecule has 3 N–H and O–H groups in total. The van der Waals surface area contributed by atoms with Gasteiger partial charge in [-0.2, -0.15) is 0 Å². The minimum atomic E-state index is -0.291. The Labute approximate surface area is 107 Å². The summed E-state index contributed by atoms with van der Waals surface area (Å²) in [4.78, 5) is 18.2. The van der Waals surface area contributed by atoms with Gasteiger partial charge in [0.1, 0.15) is 11.9 Å². The standard InChI is InChI=1S/C13H20N4O/c1-9-7-11(14)12(15-8-9)16-10(2)13(18)17-5-3-4-6-17/h7-8,10H,3-6,14H2,1-2H3,(H,15,16). The fourth-order valence-corrected chi connectivity index (χ4v) is 2.19. The van der Waals surface area contributed by atoms with Crippen LogP contribution >= 0.6 is 0 Å². The van der Waals surface area contributed by atoms with Crippen LogP contribution in [-0.2, 0) is 4.79 Å². The largest absolute Gasteiger partial charge is 0.396 e. The number of carbonyl (C=O) groups excluding carboxylic acids is 1. The number of likely N-dealkylation sites (tertiary alicyclic amines) is 1. The average molecular weight is 248 g/mol. The van der Waals surface area contributed by atoms with E-state index >= 15 is 0 Å². The van der Waals surface area contributed by atoms with Gasteiger partial charge >= 0.3 is 0 Å². The summed E-state index contributed by atoms with van der Waals surface area (Å²) in [7, 11) is 0. The Morgan fingerprint density at radius 2 is 2.17 bits per heavy atom. The molecule has 18 heavy (non-hydrogen) atoms. The third-order valence-electron chi connectivity index (χ3n) is 3.20. The van der Waals surface area contributed by atoms with Crippen molar-refractivity contribution in [2.75, 3.05) is 24.1 Å². The molecule has 1 fully saturated rings. The van der Waals surface area contributed by atoms with E-state index in [0.29, 0.717) is 11.5 Å². The number of nitrogens with zero attached hydrogens (tertiary/aromatic N) is 2. The molecule has 5 nitrogen and oxygen atoms in total. The first-order valence-electron chi connectivity index (χ1n) is 6.35. The molecule has 0 saturated carbocycles. The summed E-state index contributed by atoms with van der Waals surface area (Å²) >= 11 is 0. The monoisotopic (exact) mass is 248 g/mol. The van der Waals surface area contributed by atoms with Gasteiger partial charge in [-0.1, -0.05) is 0 Å². The van der Waals surface area contributed by atoms with E-state index in [-0.39, 0.29) is 11.9 Å². The molecule has 0 radical (unpaired) electrons. The van der Waals surface area contributed by atoms with E-state index in [9.17, 15) is 4.79 Å². The fraction of sp³-hybridized carbons (Fsp3) is 0.538. The first kappa shape index (κ1) is 12.7. The van der Waals surface area contributed by atoms with Crippen molar-refractivity contribution < 1.29 is 4.79 Å². The number of anilines is 2. The number of nitrogen functional groups attached to an aromatic ring is 1. The number of carbonyl (C=O) groups is 1. The van der Waals surface area contributed by atoms with E-state index in [2.05, 4.69) is 10.3 Å². The molecule has 0 aromatic carbocycles. The van der Waals surface area contributed by atoms with Gasteiger partial charge in [0.15, 0.2) is 0 Å². The van der Waals surface area contributed by atoms with Crippen molar-refractivity contribution in [2.45, 2.75) is 32.7 Å². The van der Waals surface area contributed by atoms with Gasteiger partial charge in [0, 0.05) is 19.3 Å². The Morgan fingerprint density at radius 1 is 1.50 bits per heavy atom. The predicted molar refractivity (Wildman–Crippen MR) is 72.3 cm³/mol. The molecule has 1 aromatic heterocycles. The molecule has 2 heterocycles. The summed E-state index contributed by atoms with van der Waals surface area (Å²) < 4.78 is 0. The summed E-state index contributed by atoms with van der Waals surface area (Å²) in [5.41, 5.74) is 7.46. The van der Waals surface area contributed by atoms with E-state index in [0.717, 1.165) is 31.5 Å². The van der Waals surface area contributed by atoms with Crippen LogP contribution < -0.4 is 11.1 Å². The Morgan fingerprint density at radius 3 is 2.78 bits per heavy atom. The maximum atomic E-state index is 12.1. The zero-order valence-corrected chi connectivity index (χ0v) is 10.9. The van der Waals surface area contributed by atoms with Crippen molar-refractivity contribution in [1.82, 2.24) is 9.88 Å². The molecule has 1 aromatic rings. The van der Waals surface area contributed by atoms with Gasteiger partial charge < -0.3 is 16.0 Å². The molecule has 1 saturated heterocycles. The van der Waals surface area contributed by atoms with Crippen LogP contribution in [0.2, 0.25) is 0 Å². The normalized spacial score (nSPS) is 16.7. The number of hydrogen-bond acceptors (Lipinski definition) is 4. The lowest BCUT2D eigenvalue weighted by Gasteiger charge is -2.22. The molecular weight excluding hydrogens is 228 g/mol. The highest BCUT2D eigenvalue weighted by Gasteiger charge is 2.23. The quantitative estimate of drug-likeness (QED) is 0.848. The molecule has 2 rings (SSSR count). The Kier molecular flexibility index (Phi) is 3.69. The van der Waals surface area contributed by atoms with Crippen LogP contribution in [0.1, 0.15) is 25.3 Å². The summed E-state index contributed by atoms with van der Waals surface area (Å²) in [5.74, 6) is 0.704. The Hall–Kier alpha value is -1.78. The van der Waals surface area contributed by atoms with Gasteiger partial charge in [0.2, 0.25) is 5.91 Å². The van der Waals surface area contributed by atoms with Crippen LogP contribution in [-0.4, -0.2) is 34.9 Å². The van der Waals surface area contributed by atoms with Crippen molar-refractivity contribution in [1.29, 1.82) is 0 Å². The lowest BCUT2D eigenvalue weighted by Crippen LogP contribution is -2.39. The highest BCUT2D eigenvalue weighted by atomic mass is 16.2. The van der Waals surface area contributed by atoms with Crippen LogP contribution in [0.25, 0.3) is 0 Å². The summed E-state index contributed by atoms with van der Waals surface area (Å²) in [6.07, 6.45) is 3.94. The number of amides is 1. The van der Waals surface area contributed by atoms with Gasteiger partial charge in [-0.3, -0.25) is 4.79 Å². The van der Waals surface area contributed by atoms with E-state index in [1.165, 1.54) is 0 Å². The molecule has 1 aliphatic heterocycles. The van der Waals surface area contributed by atoms with Crippen LogP contribution in [0.4, 0.5) is 11.5 Å². The number of rotatable bonds is 3. The number of nitrogens with two attached hydrogens (primary N) is 1. The SMILES string of the molecule is Cc1cnc(NC(C)C(=O)N2CCCC2)c(N)c1. The third-order valence-corrected chi connectivity index (χ3v) is 3.20. The van der Waals surface area contributed by atoms with Gasteiger partial charge in [-0.25, -0.2) is 4.98 Å². The molecule has 0 bridgehead atoms. The van der Waals surface area contributed by atoms with Crippen molar-refractivity contribution in [2.24, 2.45) is 0 Å². The highest BCUT2D eigenvalue weighted by molar-refractivity contribution is 5.85. The lowest BCUT2D eigenvalue weighted by molar-refractivity contribution is -0.130.